The lowest BCUT2D eigenvalue weighted by Crippen LogP contribution is -2.46. The van der Waals surface area contributed by atoms with E-state index in [1.54, 1.807) is 24.3 Å². The van der Waals surface area contributed by atoms with Crippen molar-refractivity contribution in [3.63, 3.8) is 0 Å². The van der Waals surface area contributed by atoms with Crippen molar-refractivity contribution in [2.24, 2.45) is 5.73 Å². The molecule has 0 aromatic heterocycles. The van der Waals surface area contributed by atoms with Crippen molar-refractivity contribution in [3.8, 4) is 0 Å². The average molecular weight is 234 g/mol. The lowest BCUT2D eigenvalue weighted by Gasteiger charge is -2.16. The number of carbonyl (C=O) groups is 2. The van der Waals surface area contributed by atoms with E-state index in [0.29, 0.717) is 18.4 Å². The first-order valence-corrected chi connectivity index (χ1v) is 5.41. The van der Waals surface area contributed by atoms with Crippen molar-refractivity contribution >= 4 is 11.9 Å². The minimum atomic E-state index is -1.08. The van der Waals surface area contributed by atoms with Crippen LogP contribution in [0.4, 0.5) is 0 Å². The van der Waals surface area contributed by atoms with E-state index in [1.807, 2.05) is 6.07 Å². The number of benzene rings is 1. The van der Waals surface area contributed by atoms with Gasteiger partial charge in [-0.3, -0.25) is 4.79 Å². The Kier molecular flexibility index (Phi) is 2.85. The largest absolute Gasteiger partial charge is 0.480 e. The van der Waals surface area contributed by atoms with Gasteiger partial charge in [0.15, 0.2) is 0 Å². The molecule has 0 unspecified atom stereocenters. The number of hydrogen-bond donors (Lipinski definition) is 3. The molecule has 1 atom stereocenters. The Hall–Kier alpha value is -1.88. The van der Waals surface area contributed by atoms with Crippen LogP contribution in [0.15, 0.2) is 30.3 Å². The van der Waals surface area contributed by atoms with Crippen LogP contribution < -0.4 is 11.1 Å². The van der Waals surface area contributed by atoms with Crippen LogP contribution in [0.5, 0.6) is 0 Å². The number of hydrogen-bond acceptors (Lipinski definition) is 3. The highest BCUT2D eigenvalue weighted by molar-refractivity contribution is 5.92. The number of amides is 1. The summed E-state index contributed by atoms with van der Waals surface area (Å²) in [6.07, 6.45) is 0.936. The van der Waals surface area contributed by atoms with Crippen LogP contribution in [-0.2, 0) is 9.59 Å². The molecule has 1 fully saturated rings. The van der Waals surface area contributed by atoms with Crippen LogP contribution in [0, 0.1) is 0 Å². The fraction of sp³-hybridized carbons (Fsp3) is 0.333. The lowest BCUT2D eigenvalue weighted by atomic mass is 10.1. The minimum absolute atomic E-state index is 0.448. The molecule has 90 valence electrons. The van der Waals surface area contributed by atoms with Gasteiger partial charge < -0.3 is 16.2 Å². The van der Waals surface area contributed by atoms with Gasteiger partial charge in [-0.1, -0.05) is 30.3 Å². The van der Waals surface area contributed by atoms with E-state index in [9.17, 15) is 9.59 Å². The summed E-state index contributed by atoms with van der Waals surface area (Å²) in [5.41, 5.74) is 5.36. The Bertz CT molecular complexity index is 440. The molecule has 1 aliphatic carbocycles. The maximum atomic E-state index is 11.8. The molecule has 1 saturated carbocycles. The number of carbonyl (C=O) groups excluding carboxylic acids is 1. The zero-order valence-corrected chi connectivity index (χ0v) is 9.22. The summed E-state index contributed by atoms with van der Waals surface area (Å²) in [4.78, 5) is 22.7. The topological polar surface area (TPSA) is 92.4 Å². The van der Waals surface area contributed by atoms with Crippen LogP contribution in [0.2, 0.25) is 0 Å². The van der Waals surface area contributed by atoms with Crippen LogP contribution in [0.3, 0.4) is 0 Å². The molecule has 2 rings (SSSR count). The maximum absolute atomic E-state index is 11.8. The molecule has 0 spiro atoms. The number of nitrogens with two attached hydrogens (primary N) is 1. The fourth-order valence-electron chi connectivity index (χ4n) is 1.64. The predicted octanol–water partition coefficient (Wildman–Crippen LogP) is 0.420. The normalized spacial score (nSPS) is 18.2. The third-order valence-electron chi connectivity index (χ3n) is 2.96. The van der Waals surface area contributed by atoms with Crippen molar-refractivity contribution in [2.45, 2.75) is 24.4 Å². The maximum Gasteiger partial charge on any atom is 0.329 e. The summed E-state index contributed by atoms with van der Waals surface area (Å²) in [6.45, 7) is 0. The van der Waals surface area contributed by atoms with Gasteiger partial charge in [0.2, 0.25) is 5.91 Å². The Morgan fingerprint density at radius 1 is 1.29 bits per heavy atom. The van der Waals surface area contributed by atoms with Crippen LogP contribution >= 0.6 is 0 Å². The van der Waals surface area contributed by atoms with Crippen molar-refractivity contribution in [1.82, 2.24) is 5.32 Å². The highest BCUT2D eigenvalue weighted by Crippen LogP contribution is 2.35. The molecule has 0 radical (unpaired) electrons. The number of rotatable bonds is 4. The first-order valence-electron chi connectivity index (χ1n) is 5.41. The quantitative estimate of drug-likeness (QED) is 0.704. The molecule has 5 nitrogen and oxygen atoms in total. The fourth-order valence-corrected chi connectivity index (χ4v) is 1.64. The summed E-state index contributed by atoms with van der Waals surface area (Å²) in [5.74, 6) is -1.44. The van der Waals surface area contributed by atoms with E-state index in [1.165, 1.54) is 0 Å². The highest BCUT2D eigenvalue weighted by atomic mass is 16.4. The Morgan fingerprint density at radius 2 is 1.88 bits per heavy atom. The van der Waals surface area contributed by atoms with E-state index in [-0.39, 0.29) is 0 Å². The molecule has 1 aliphatic rings. The zero-order chi connectivity index (χ0) is 12.5. The van der Waals surface area contributed by atoms with Crippen molar-refractivity contribution in [2.75, 3.05) is 0 Å². The molecule has 0 aliphatic heterocycles. The predicted molar refractivity (Wildman–Crippen MR) is 61.1 cm³/mol. The average Bonchev–Trinajstić information content (AvgIpc) is 3.10. The zero-order valence-electron chi connectivity index (χ0n) is 9.22. The summed E-state index contributed by atoms with van der Waals surface area (Å²) in [7, 11) is 0. The van der Waals surface area contributed by atoms with E-state index in [2.05, 4.69) is 5.32 Å². The van der Waals surface area contributed by atoms with Crippen molar-refractivity contribution < 1.29 is 14.7 Å². The molecule has 1 amide bonds. The Morgan fingerprint density at radius 3 is 2.35 bits per heavy atom. The summed E-state index contributed by atoms with van der Waals surface area (Å²) in [5, 5.41) is 11.5. The van der Waals surface area contributed by atoms with Gasteiger partial charge in [0, 0.05) is 0 Å². The summed E-state index contributed by atoms with van der Waals surface area (Å²) >= 11 is 0. The van der Waals surface area contributed by atoms with Gasteiger partial charge in [-0.15, -0.1) is 0 Å². The van der Waals surface area contributed by atoms with Crippen LogP contribution in [0.1, 0.15) is 24.4 Å². The molecule has 1 aromatic rings. The second-order valence-electron chi connectivity index (χ2n) is 4.26. The Labute approximate surface area is 98.6 Å². The molecule has 0 heterocycles. The summed E-state index contributed by atoms with van der Waals surface area (Å²) in [6, 6.07) is 8.05. The summed E-state index contributed by atoms with van der Waals surface area (Å²) < 4.78 is 0. The van der Waals surface area contributed by atoms with E-state index < -0.39 is 23.5 Å². The third-order valence-corrected chi connectivity index (χ3v) is 2.96. The minimum Gasteiger partial charge on any atom is -0.480 e. The molecule has 4 N–H and O–H groups in total. The Balaban J connectivity index is 2.04. The first kappa shape index (κ1) is 11.6. The number of aliphatic carboxylic acids is 1. The molecular formula is C12H14N2O3. The molecule has 17 heavy (non-hydrogen) atoms. The van der Waals surface area contributed by atoms with Crippen LogP contribution in [0.25, 0.3) is 0 Å². The molecular weight excluding hydrogens is 220 g/mol. The van der Waals surface area contributed by atoms with E-state index >= 15 is 0 Å². The lowest BCUT2D eigenvalue weighted by molar-refractivity contribution is -0.143. The van der Waals surface area contributed by atoms with Crippen molar-refractivity contribution in [1.29, 1.82) is 0 Å². The monoisotopic (exact) mass is 234 g/mol. The molecule has 1 aromatic carbocycles. The second kappa shape index (κ2) is 4.18. The van der Waals surface area contributed by atoms with Gasteiger partial charge >= 0.3 is 5.97 Å². The highest BCUT2D eigenvalue weighted by Gasteiger charge is 2.52. The standard InChI is InChI=1S/C12H14N2O3/c13-9(8-4-2-1-3-5-8)10(15)14-12(6-7-12)11(16)17/h1-5,9H,6-7,13H2,(H,14,15)(H,16,17)/t9-/m1/s1. The van der Waals surface area contributed by atoms with Gasteiger partial charge in [0.1, 0.15) is 11.6 Å². The molecule has 0 saturated heterocycles. The van der Waals surface area contributed by atoms with Gasteiger partial charge in [-0.25, -0.2) is 4.79 Å². The van der Waals surface area contributed by atoms with Gasteiger partial charge in [0.05, 0.1) is 0 Å². The number of nitrogens with one attached hydrogen (secondary N) is 1. The van der Waals surface area contributed by atoms with Gasteiger partial charge in [0.25, 0.3) is 0 Å². The number of carboxylic acid groups (broad SMARTS) is 1. The first-order chi connectivity index (χ1) is 8.05. The van der Waals surface area contributed by atoms with Crippen LogP contribution in [-0.4, -0.2) is 22.5 Å². The van der Waals surface area contributed by atoms with Gasteiger partial charge in [-0.2, -0.15) is 0 Å². The van der Waals surface area contributed by atoms with E-state index in [0.717, 1.165) is 0 Å². The smallest absolute Gasteiger partial charge is 0.329 e. The van der Waals surface area contributed by atoms with Crippen molar-refractivity contribution in [3.05, 3.63) is 35.9 Å². The molecule has 0 bridgehead atoms. The SMILES string of the molecule is N[C@@H](C(=O)NC1(C(=O)O)CC1)c1ccccc1. The molecule has 5 heteroatoms. The number of carboxylic acids is 1. The second-order valence-corrected chi connectivity index (χ2v) is 4.26. The third kappa shape index (κ3) is 2.29. The van der Waals surface area contributed by atoms with Gasteiger partial charge in [-0.05, 0) is 18.4 Å². The van der Waals surface area contributed by atoms with E-state index in [4.69, 9.17) is 10.8 Å².